The van der Waals surface area contributed by atoms with E-state index in [1.54, 1.807) is 12.1 Å². The van der Waals surface area contributed by atoms with Gasteiger partial charge in [-0.3, -0.25) is 0 Å². The Hall–Kier alpha value is -0.920. The summed E-state index contributed by atoms with van der Waals surface area (Å²) in [5.74, 6) is 3.35. The summed E-state index contributed by atoms with van der Waals surface area (Å²) in [6.45, 7) is 2.30. The van der Waals surface area contributed by atoms with E-state index in [2.05, 4.69) is 6.92 Å². The number of rotatable bonds is 5. The molecule has 2 fully saturated rings. The fourth-order valence-electron chi connectivity index (χ4n) is 5.23. The van der Waals surface area contributed by atoms with Gasteiger partial charge in [0, 0.05) is 5.56 Å². The molecule has 134 valence electrons. The molecule has 0 aromatic heterocycles. The normalized spacial score (nSPS) is 31.3. The van der Waals surface area contributed by atoms with E-state index in [9.17, 15) is 8.78 Å². The second kappa shape index (κ2) is 8.45. The average Bonchev–Trinajstić information content (AvgIpc) is 2.63. The van der Waals surface area contributed by atoms with Crippen molar-refractivity contribution < 1.29 is 8.78 Å². The summed E-state index contributed by atoms with van der Waals surface area (Å²) in [7, 11) is 0. The molecule has 2 atom stereocenters. The third-order valence-corrected chi connectivity index (χ3v) is 6.63. The Labute approximate surface area is 146 Å². The van der Waals surface area contributed by atoms with Crippen LogP contribution < -0.4 is 0 Å². The lowest BCUT2D eigenvalue weighted by atomic mass is 9.67. The van der Waals surface area contributed by atoms with Gasteiger partial charge in [0.25, 0.3) is 6.43 Å². The third-order valence-electron chi connectivity index (χ3n) is 6.63. The largest absolute Gasteiger partial charge is 0.263 e. The molecule has 3 rings (SSSR count). The van der Waals surface area contributed by atoms with E-state index < -0.39 is 6.43 Å². The van der Waals surface area contributed by atoms with Crippen molar-refractivity contribution in [3.8, 4) is 0 Å². The molecular formula is C22H32F2. The molecular weight excluding hydrogens is 302 g/mol. The minimum absolute atomic E-state index is 0.153. The Bertz CT molecular complexity index is 485. The van der Waals surface area contributed by atoms with E-state index in [4.69, 9.17) is 0 Å². The van der Waals surface area contributed by atoms with E-state index in [0.29, 0.717) is 5.92 Å². The molecule has 0 spiro atoms. The lowest BCUT2D eigenvalue weighted by Gasteiger charge is -2.38. The van der Waals surface area contributed by atoms with E-state index in [1.165, 1.54) is 69.8 Å². The maximum absolute atomic E-state index is 12.7. The van der Waals surface area contributed by atoms with Gasteiger partial charge in [-0.1, -0.05) is 69.7 Å². The van der Waals surface area contributed by atoms with Crippen LogP contribution in [0.5, 0.6) is 0 Å². The second-order valence-electron chi connectivity index (χ2n) is 8.16. The van der Waals surface area contributed by atoms with Crippen molar-refractivity contribution in [2.24, 2.45) is 17.8 Å². The van der Waals surface area contributed by atoms with Crippen LogP contribution in [0.3, 0.4) is 0 Å². The second-order valence-corrected chi connectivity index (χ2v) is 8.16. The SMILES string of the molecule is CCCC1CCC([C@H]2CCC[C@H](c3ccc(C(F)F)cc3)C2)CC1. The van der Waals surface area contributed by atoms with Crippen LogP contribution in [0, 0.1) is 17.8 Å². The van der Waals surface area contributed by atoms with Gasteiger partial charge in [0.2, 0.25) is 0 Å². The van der Waals surface area contributed by atoms with Crippen LogP contribution in [-0.2, 0) is 0 Å². The van der Waals surface area contributed by atoms with Gasteiger partial charge in [0.1, 0.15) is 0 Å². The summed E-state index contributed by atoms with van der Waals surface area (Å²) in [5.41, 5.74) is 1.43. The van der Waals surface area contributed by atoms with Crippen LogP contribution in [0.15, 0.2) is 24.3 Å². The topological polar surface area (TPSA) is 0 Å². The number of halogens is 2. The standard InChI is InChI=1S/C22H32F2/c1-2-4-16-7-9-17(10-8-16)20-5-3-6-21(15-20)18-11-13-19(14-12-18)22(23)24/h11-14,16-17,20-22H,2-10,15H2,1H3/t16?,17?,20-,21-/m0/s1. The molecule has 2 aliphatic rings. The molecule has 0 radical (unpaired) electrons. The van der Waals surface area contributed by atoms with Gasteiger partial charge in [-0.05, 0) is 54.9 Å². The molecule has 0 amide bonds. The molecule has 24 heavy (non-hydrogen) atoms. The molecule has 2 saturated carbocycles. The van der Waals surface area contributed by atoms with Gasteiger partial charge in [-0.15, -0.1) is 0 Å². The van der Waals surface area contributed by atoms with Crippen molar-refractivity contribution in [1.29, 1.82) is 0 Å². The Morgan fingerprint density at radius 1 is 0.917 bits per heavy atom. The fraction of sp³-hybridized carbons (Fsp3) is 0.727. The Morgan fingerprint density at radius 3 is 2.25 bits per heavy atom. The summed E-state index contributed by atoms with van der Waals surface area (Å²) < 4.78 is 25.5. The van der Waals surface area contributed by atoms with E-state index in [0.717, 1.165) is 17.8 Å². The van der Waals surface area contributed by atoms with Crippen LogP contribution in [0.25, 0.3) is 0 Å². The predicted molar refractivity (Wildman–Crippen MR) is 96.5 cm³/mol. The van der Waals surface area contributed by atoms with Crippen molar-refractivity contribution in [1.82, 2.24) is 0 Å². The zero-order chi connectivity index (χ0) is 16.9. The van der Waals surface area contributed by atoms with Crippen molar-refractivity contribution in [3.05, 3.63) is 35.4 Å². The average molecular weight is 334 g/mol. The van der Waals surface area contributed by atoms with Crippen LogP contribution in [0.1, 0.15) is 94.6 Å². The highest BCUT2D eigenvalue weighted by molar-refractivity contribution is 5.26. The maximum atomic E-state index is 12.7. The molecule has 2 heteroatoms. The number of hydrogen-bond donors (Lipinski definition) is 0. The number of hydrogen-bond acceptors (Lipinski definition) is 0. The first-order valence-corrected chi connectivity index (χ1v) is 10.0. The fourth-order valence-corrected chi connectivity index (χ4v) is 5.23. The van der Waals surface area contributed by atoms with Crippen LogP contribution in [-0.4, -0.2) is 0 Å². The van der Waals surface area contributed by atoms with E-state index in [1.807, 2.05) is 12.1 Å². The summed E-state index contributed by atoms with van der Waals surface area (Å²) in [6, 6.07) is 7.15. The summed E-state index contributed by atoms with van der Waals surface area (Å²) in [5, 5.41) is 0. The molecule has 1 aromatic rings. The molecule has 0 aliphatic heterocycles. The minimum Gasteiger partial charge on any atom is -0.205 e. The van der Waals surface area contributed by atoms with Crippen LogP contribution >= 0.6 is 0 Å². The first kappa shape index (κ1) is 17.9. The first-order chi connectivity index (χ1) is 11.7. The van der Waals surface area contributed by atoms with E-state index in [-0.39, 0.29) is 5.56 Å². The maximum Gasteiger partial charge on any atom is 0.263 e. The van der Waals surface area contributed by atoms with Gasteiger partial charge in [0.05, 0.1) is 0 Å². The van der Waals surface area contributed by atoms with Crippen molar-refractivity contribution in [2.45, 2.75) is 83.5 Å². The summed E-state index contributed by atoms with van der Waals surface area (Å²) in [4.78, 5) is 0. The monoisotopic (exact) mass is 334 g/mol. The lowest BCUT2D eigenvalue weighted by molar-refractivity contribution is 0.150. The smallest absolute Gasteiger partial charge is 0.205 e. The lowest BCUT2D eigenvalue weighted by Crippen LogP contribution is -2.26. The number of benzene rings is 1. The van der Waals surface area contributed by atoms with Crippen molar-refractivity contribution in [3.63, 3.8) is 0 Å². The van der Waals surface area contributed by atoms with Gasteiger partial charge >= 0.3 is 0 Å². The highest BCUT2D eigenvalue weighted by Crippen LogP contribution is 2.45. The minimum atomic E-state index is -2.35. The highest BCUT2D eigenvalue weighted by Gasteiger charge is 2.31. The molecule has 0 N–H and O–H groups in total. The van der Waals surface area contributed by atoms with Gasteiger partial charge in [-0.25, -0.2) is 8.78 Å². The summed E-state index contributed by atoms with van der Waals surface area (Å²) in [6.07, 6.45) is 11.3. The molecule has 0 saturated heterocycles. The first-order valence-electron chi connectivity index (χ1n) is 10.0. The zero-order valence-electron chi connectivity index (χ0n) is 15.0. The van der Waals surface area contributed by atoms with Crippen LogP contribution in [0.4, 0.5) is 8.78 Å². The molecule has 0 bridgehead atoms. The zero-order valence-corrected chi connectivity index (χ0v) is 15.0. The highest BCUT2D eigenvalue weighted by atomic mass is 19.3. The molecule has 2 aliphatic carbocycles. The van der Waals surface area contributed by atoms with Crippen molar-refractivity contribution in [2.75, 3.05) is 0 Å². The Morgan fingerprint density at radius 2 is 1.62 bits per heavy atom. The molecule has 0 nitrogen and oxygen atoms in total. The van der Waals surface area contributed by atoms with Gasteiger partial charge in [-0.2, -0.15) is 0 Å². The van der Waals surface area contributed by atoms with Gasteiger partial charge in [0.15, 0.2) is 0 Å². The predicted octanol–water partition coefficient (Wildman–Crippen LogP) is 7.50. The van der Waals surface area contributed by atoms with Crippen LogP contribution in [0.2, 0.25) is 0 Å². The summed E-state index contributed by atoms with van der Waals surface area (Å²) >= 11 is 0. The number of alkyl halides is 2. The van der Waals surface area contributed by atoms with Crippen molar-refractivity contribution >= 4 is 0 Å². The molecule has 1 aromatic carbocycles. The third kappa shape index (κ3) is 4.37. The quantitative estimate of drug-likeness (QED) is 0.523. The van der Waals surface area contributed by atoms with Gasteiger partial charge < -0.3 is 0 Å². The van der Waals surface area contributed by atoms with E-state index >= 15 is 0 Å². The molecule has 0 unspecified atom stereocenters. The Kier molecular flexibility index (Phi) is 6.30. The molecule has 0 heterocycles. The Balaban J connectivity index is 1.56.